The van der Waals surface area contributed by atoms with Gasteiger partial charge in [0.05, 0.1) is 20.2 Å². The molecule has 0 saturated carbocycles. The number of amides is 2. The van der Waals surface area contributed by atoms with E-state index in [4.69, 9.17) is 4.74 Å². The van der Waals surface area contributed by atoms with Gasteiger partial charge in [-0.05, 0) is 25.1 Å². The lowest BCUT2D eigenvalue weighted by atomic mass is 10.1. The van der Waals surface area contributed by atoms with E-state index in [0.717, 1.165) is 6.07 Å². The minimum Gasteiger partial charge on any atom is -0.494 e. The van der Waals surface area contributed by atoms with Gasteiger partial charge in [0.1, 0.15) is 11.9 Å². The molecule has 0 spiro atoms. The Labute approximate surface area is 143 Å². The number of hydrogen-bond donors (Lipinski definition) is 1. The second kappa shape index (κ2) is 6.50. The van der Waals surface area contributed by atoms with Crippen molar-refractivity contribution in [2.45, 2.75) is 26.1 Å². The van der Waals surface area contributed by atoms with Crippen LogP contribution in [0.4, 0.5) is 4.39 Å². The number of likely N-dealkylation sites (N-methyl/N-ethyl adjacent to an activating group) is 1. The molecule has 1 aromatic carbocycles. The molecule has 0 radical (unpaired) electrons. The summed E-state index contributed by atoms with van der Waals surface area (Å²) in [4.78, 5) is 26.5. The standard InChI is InChI=1S/C16H18FN5O3/c1-9-19-20-14-8-22(12(7-21(9)14)15(23)18-2)16(24)10-4-5-13(25-3)11(17)6-10/h4-6,12H,7-8H2,1-3H3,(H,18,23). The summed E-state index contributed by atoms with van der Waals surface area (Å²) in [5.74, 6) is -0.0936. The molecule has 1 atom stereocenters. The molecule has 25 heavy (non-hydrogen) atoms. The van der Waals surface area contributed by atoms with E-state index in [0.29, 0.717) is 11.6 Å². The fourth-order valence-electron chi connectivity index (χ4n) is 2.88. The Kier molecular flexibility index (Phi) is 4.39. The SMILES string of the molecule is CNC(=O)C1Cn2c(C)nnc2CN1C(=O)c1ccc(OC)c(F)c1. The predicted octanol–water partition coefficient (Wildman–Crippen LogP) is 0.505. The smallest absolute Gasteiger partial charge is 0.255 e. The van der Waals surface area contributed by atoms with Crippen molar-refractivity contribution in [1.29, 1.82) is 0 Å². The van der Waals surface area contributed by atoms with Crippen molar-refractivity contribution >= 4 is 11.8 Å². The zero-order valence-electron chi connectivity index (χ0n) is 14.1. The van der Waals surface area contributed by atoms with Crippen molar-refractivity contribution < 1.29 is 18.7 Å². The van der Waals surface area contributed by atoms with Crippen molar-refractivity contribution in [2.75, 3.05) is 14.2 Å². The normalized spacial score (nSPS) is 16.3. The second-order valence-electron chi connectivity index (χ2n) is 5.69. The average molecular weight is 347 g/mol. The molecule has 1 aliphatic heterocycles. The molecule has 2 heterocycles. The van der Waals surface area contributed by atoms with Crippen LogP contribution in [-0.2, 0) is 17.9 Å². The molecule has 1 aromatic heterocycles. The van der Waals surface area contributed by atoms with Crippen LogP contribution in [0.15, 0.2) is 18.2 Å². The lowest BCUT2D eigenvalue weighted by Crippen LogP contribution is -2.53. The zero-order chi connectivity index (χ0) is 18.1. The van der Waals surface area contributed by atoms with E-state index in [9.17, 15) is 14.0 Å². The largest absolute Gasteiger partial charge is 0.494 e. The lowest BCUT2D eigenvalue weighted by Gasteiger charge is -2.35. The fourth-order valence-corrected chi connectivity index (χ4v) is 2.88. The van der Waals surface area contributed by atoms with Crippen molar-refractivity contribution in [1.82, 2.24) is 25.0 Å². The molecule has 9 heteroatoms. The first-order valence-corrected chi connectivity index (χ1v) is 7.71. The Morgan fingerprint density at radius 1 is 1.36 bits per heavy atom. The highest BCUT2D eigenvalue weighted by atomic mass is 19.1. The summed E-state index contributed by atoms with van der Waals surface area (Å²) in [5, 5.41) is 10.6. The number of benzene rings is 1. The van der Waals surface area contributed by atoms with Gasteiger partial charge in [0, 0.05) is 12.6 Å². The molecule has 0 aliphatic carbocycles. The summed E-state index contributed by atoms with van der Waals surface area (Å²) in [5.41, 5.74) is 0.136. The summed E-state index contributed by atoms with van der Waals surface area (Å²) >= 11 is 0. The molecule has 1 N–H and O–H groups in total. The first-order chi connectivity index (χ1) is 12.0. The zero-order valence-corrected chi connectivity index (χ0v) is 14.1. The summed E-state index contributed by atoms with van der Waals surface area (Å²) in [6, 6.07) is 3.22. The first kappa shape index (κ1) is 16.9. The van der Waals surface area contributed by atoms with Gasteiger partial charge in [-0.3, -0.25) is 9.59 Å². The van der Waals surface area contributed by atoms with Crippen molar-refractivity contribution in [2.24, 2.45) is 0 Å². The number of rotatable bonds is 3. The van der Waals surface area contributed by atoms with Gasteiger partial charge in [-0.1, -0.05) is 0 Å². The van der Waals surface area contributed by atoms with Gasteiger partial charge in [0.15, 0.2) is 17.4 Å². The highest BCUT2D eigenvalue weighted by Gasteiger charge is 2.36. The molecule has 1 aliphatic rings. The van der Waals surface area contributed by atoms with E-state index < -0.39 is 17.8 Å². The fraction of sp³-hybridized carbons (Fsp3) is 0.375. The van der Waals surface area contributed by atoms with Crippen LogP contribution >= 0.6 is 0 Å². The maximum absolute atomic E-state index is 13.9. The molecule has 8 nitrogen and oxygen atoms in total. The number of nitrogens with one attached hydrogen (secondary N) is 1. The number of carbonyl (C=O) groups is 2. The van der Waals surface area contributed by atoms with Crippen LogP contribution < -0.4 is 10.1 Å². The summed E-state index contributed by atoms with van der Waals surface area (Å²) < 4.78 is 20.6. The third-order valence-electron chi connectivity index (χ3n) is 4.26. The van der Waals surface area contributed by atoms with E-state index in [-0.39, 0.29) is 30.3 Å². The molecule has 0 fully saturated rings. The first-order valence-electron chi connectivity index (χ1n) is 7.71. The Morgan fingerprint density at radius 2 is 2.12 bits per heavy atom. The average Bonchev–Trinajstić information content (AvgIpc) is 2.99. The third-order valence-corrected chi connectivity index (χ3v) is 4.26. The Balaban J connectivity index is 1.96. The van der Waals surface area contributed by atoms with E-state index in [1.54, 1.807) is 11.5 Å². The molecule has 0 bridgehead atoms. The number of methoxy groups -OCH3 is 1. The summed E-state index contributed by atoms with van der Waals surface area (Å²) in [6.07, 6.45) is 0. The highest BCUT2D eigenvalue weighted by molar-refractivity contribution is 5.97. The van der Waals surface area contributed by atoms with Crippen molar-refractivity contribution in [3.63, 3.8) is 0 Å². The Morgan fingerprint density at radius 3 is 2.76 bits per heavy atom. The van der Waals surface area contributed by atoms with Gasteiger partial charge >= 0.3 is 0 Å². The van der Waals surface area contributed by atoms with E-state index >= 15 is 0 Å². The maximum atomic E-state index is 13.9. The quantitative estimate of drug-likeness (QED) is 0.874. The third kappa shape index (κ3) is 2.92. The summed E-state index contributed by atoms with van der Waals surface area (Å²) in [7, 11) is 2.86. The van der Waals surface area contributed by atoms with Crippen LogP contribution in [0.5, 0.6) is 5.75 Å². The van der Waals surface area contributed by atoms with Gasteiger partial charge in [-0.15, -0.1) is 10.2 Å². The minimum absolute atomic E-state index is 0.0495. The molecule has 132 valence electrons. The van der Waals surface area contributed by atoms with Crippen molar-refractivity contribution in [3.8, 4) is 5.75 Å². The van der Waals surface area contributed by atoms with Gasteiger partial charge in [-0.2, -0.15) is 0 Å². The van der Waals surface area contributed by atoms with E-state index in [1.165, 1.54) is 31.2 Å². The number of fused-ring (bicyclic) bond motifs is 1. The van der Waals surface area contributed by atoms with Gasteiger partial charge in [0.2, 0.25) is 5.91 Å². The van der Waals surface area contributed by atoms with Crippen LogP contribution in [0.1, 0.15) is 22.0 Å². The van der Waals surface area contributed by atoms with Crippen LogP contribution in [0, 0.1) is 12.7 Å². The number of carbonyl (C=O) groups excluding carboxylic acids is 2. The number of nitrogens with zero attached hydrogens (tertiary/aromatic N) is 4. The minimum atomic E-state index is -0.732. The molecule has 0 saturated heterocycles. The second-order valence-corrected chi connectivity index (χ2v) is 5.69. The Hall–Kier alpha value is -2.97. The van der Waals surface area contributed by atoms with Gasteiger partial charge in [-0.25, -0.2) is 4.39 Å². The molecule has 3 rings (SSSR count). The monoisotopic (exact) mass is 347 g/mol. The lowest BCUT2D eigenvalue weighted by molar-refractivity contribution is -0.126. The number of ether oxygens (including phenoxy) is 1. The van der Waals surface area contributed by atoms with Gasteiger partial charge in [0.25, 0.3) is 5.91 Å². The molecular weight excluding hydrogens is 329 g/mol. The number of aromatic nitrogens is 3. The van der Waals surface area contributed by atoms with Crippen LogP contribution in [0.2, 0.25) is 0 Å². The highest BCUT2D eigenvalue weighted by Crippen LogP contribution is 2.23. The van der Waals surface area contributed by atoms with Crippen LogP contribution in [0.3, 0.4) is 0 Å². The maximum Gasteiger partial charge on any atom is 0.255 e. The summed E-state index contributed by atoms with van der Waals surface area (Å²) in [6.45, 7) is 2.15. The molecular formula is C16H18FN5O3. The van der Waals surface area contributed by atoms with Crippen molar-refractivity contribution in [3.05, 3.63) is 41.2 Å². The molecule has 2 aromatic rings. The number of aryl methyl sites for hydroxylation is 1. The van der Waals surface area contributed by atoms with Crippen LogP contribution in [-0.4, -0.2) is 51.7 Å². The number of hydrogen-bond acceptors (Lipinski definition) is 5. The van der Waals surface area contributed by atoms with E-state index in [2.05, 4.69) is 15.5 Å². The predicted molar refractivity (Wildman–Crippen MR) is 85.4 cm³/mol. The molecule has 1 unspecified atom stereocenters. The number of halogens is 1. The van der Waals surface area contributed by atoms with E-state index in [1.807, 2.05) is 0 Å². The Bertz CT molecular complexity index is 835. The topological polar surface area (TPSA) is 89.4 Å². The van der Waals surface area contributed by atoms with Gasteiger partial charge < -0.3 is 19.5 Å². The van der Waals surface area contributed by atoms with Crippen LogP contribution in [0.25, 0.3) is 0 Å². The molecule has 2 amide bonds.